The Kier molecular flexibility index (Phi) is 4.15. The first-order valence-corrected chi connectivity index (χ1v) is 5.92. The first kappa shape index (κ1) is 14.6. The normalized spacial score (nSPS) is 10.4. The molecule has 1 N–H and O–H groups in total. The lowest BCUT2D eigenvalue weighted by atomic mass is 10.2. The number of nitrogens with one attached hydrogen (secondary N) is 1. The smallest absolute Gasteiger partial charge is 0.275 e. The lowest BCUT2D eigenvalue weighted by Gasteiger charge is -2.07. The number of carbonyl (C=O) groups is 1. The second-order valence-corrected chi connectivity index (χ2v) is 4.47. The van der Waals surface area contributed by atoms with E-state index in [1.807, 2.05) is 0 Å². The predicted molar refractivity (Wildman–Crippen MR) is 68.5 cm³/mol. The molecule has 0 fully saturated rings. The summed E-state index contributed by atoms with van der Waals surface area (Å²) in [5.74, 6) is -5.30. The zero-order valence-corrected chi connectivity index (χ0v) is 11.1. The fourth-order valence-electron chi connectivity index (χ4n) is 1.40. The fourth-order valence-corrected chi connectivity index (χ4v) is 1.73. The third kappa shape index (κ3) is 3.02. The topological polar surface area (TPSA) is 42.0 Å². The molecule has 0 aliphatic carbocycles. The molecule has 0 atom stereocenters. The minimum absolute atomic E-state index is 0.00922. The van der Waals surface area contributed by atoms with E-state index in [0.29, 0.717) is 12.1 Å². The van der Waals surface area contributed by atoms with Crippen LogP contribution in [0.4, 0.5) is 18.9 Å². The van der Waals surface area contributed by atoms with Gasteiger partial charge in [0.25, 0.3) is 5.91 Å². The van der Waals surface area contributed by atoms with E-state index in [9.17, 15) is 18.0 Å². The molecule has 0 aliphatic rings. The molecule has 1 heterocycles. The SMILES string of the molecule is O=C(Nc1cc(F)c(F)c(F)c1)c1nc(Cl)ccc1Cl. The maximum atomic E-state index is 13.0. The van der Waals surface area contributed by atoms with E-state index in [0.717, 1.165) is 0 Å². The quantitative estimate of drug-likeness (QED) is 0.669. The Morgan fingerprint density at radius 3 is 2.30 bits per heavy atom. The average Bonchev–Trinajstić information content (AvgIpc) is 2.38. The standard InChI is InChI=1S/C12H5Cl2F3N2O/c13-6-1-2-9(14)19-11(6)12(20)18-5-3-7(15)10(17)8(16)4-5/h1-4H,(H,18,20). The molecule has 8 heteroatoms. The van der Waals surface area contributed by atoms with Gasteiger partial charge in [-0.15, -0.1) is 0 Å². The Balaban J connectivity index is 2.30. The van der Waals surface area contributed by atoms with Gasteiger partial charge in [-0.05, 0) is 12.1 Å². The van der Waals surface area contributed by atoms with Gasteiger partial charge in [0.1, 0.15) is 10.8 Å². The van der Waals surface area contributed by atoms with Gasteiger partial charge in [-0.25, -0.2) is 18.2 Å². The van der Waals surface area contributed by atoms with E-state index in [2.05, 4.69) is 10.3 Å². The number of hydrogen-bond acceptors (Lipinski definition) is 2. The summed E-state index contributed by atoms with van der Waals surface area (Å²) < 4.78 is 38.8. The molecule has 0 bridgehead atoms. The highest BCUT2D eigenvalue weighted by molar-refractivity contribution is 6.35. The van der Waals surface area contributed by atoms with Gasteiger partial charge in [0, 0.05) is 17.8 Å². The maximum absolute atomic E-state index is 13.0. The van der Waals surface area contributed by atoms with Crippen LogP contribution in [-0.4, -0.2) is 10.9 Å². The van der Waals surface area contributed by atoms with E-state index in [1.54, 1.807) is 0 Å². The molecule has 20 heavy (non-hydrogen) atoms. The lowest BCUT2D eigenvalue weighted by molar-refractivity contribution is 0.102. The molecule has 1 aromatic carbocycles. The second-order valence-electron chi connectivity index (χ2n) is 3.67. The van der Waals surface area contributed by atoms with Crippen molar-refractivity contribution < 1.29 is 18.0 Å². The van der Waals surface area contributed by atoms with Crippen LogP contribution < -0.4 is 5.32 Å². The summed E-state index contributed by atoms with van der Waals surface area (Å²) in [7, 11) is 0. The number of carbonyl (C=O) groups excluding carboxylic acids is 1. The van der Waals surface area contributed by atoms with Crippen molar-refractivity contribution in [2.24, 2.45) is 0 Å². The molecular weight excluding hydrogens is 316 g/mol. The van der Waals surface area contributed by atoms with Crippen molar-refractivity contribution in [3.63, 3.8) is 0 Å². The number of halogens is 5. The second kappa shape index (κ2) is 5.68. The Hall–Kier alpha value is -1.79. The van der Waals surface area contributed by atoms with Gasteiger partial charge in [-0.2, -0.15) is 0 Å². The van der Waals surface area contributed by atoms with Gasteiger partial charge < -0.3 is 5.32 Å². The monoisotopic (exact) mass is 320 g/mol. The maximum Gasteiger partial charge on any atom is 0.275 e. The summed E-state index contributed by atoms with van der Waals surface area (Å²) in [4.78, 5) is 15.5. The number of aromatic nitrogens is 1. The molecule has 3 nitrogen and oxygen atoms in total. The molecule has 0 saturated heterocycles. The van der Waals surface area contributed by atoms with Crippen LogP contribution in [0, 0.1) is 17.5 Å². The number of amides is 1. The van der Waals surface area contributed by atoms with Gasteiger partial charge in [0.05, 0.1) is 5.02 Å². The Bertz CT molecular complexity index is 671. The molecular formula is C12H5Cl2F3N2O. The van der Waals surface area contributed by atoms with Crippen molar-refractivity contribution in [3.05, 3.63) is 57.6 Å². The van der Waals surface area contributed by atoms with Crippen molar-refractivity contribution in [1.82, 2.24) is 4.98 Å². The van der Waals surface area contributed by atoms with Crippen LogP contribution in [0.2, 0.25) is 10.2 Å². The van der Waals surface area contributed by atoms with Crippen LogP contribution >= 0.6 is 23.2 Å². The summed E-state index contributed by atoms with van der Waals surface area (Å²) in [6.45, 7) is 0. The van der Waals surface area contributed by atoms with Crippen molar-refractivity contribution >= 4 is 34.8 Å². The molecule has 0 radical (unpaired) electrons. The van der Waals surface area contributed by atoms with Gasteiger partial charge in [0.2, 0.25) is 0 Å². The van der Waals surface area contributed by atoms with Crippen molar-refractivity contribution in [1.29, 1.82) is 0 Å². The first-order valence-electron chi connectivity index (χ1n) is 5.16. The van der Waals surface area contributed by atoms with Crippen LogP contribution in [0.25, 0.3) is 0 Å². The van der Waals surface area contributed by atoms with Crippen LogP contribution in [-0.2, 0) is 0 Å². The zero-order valence-electron chi connectivity index (χ0n) is 9.55. The molecule has 1 amide bonds. The highest BCUT2D eigenvalue weighted by Gasteiger charge is 2.16. The van der Waals surface area contributed by atoms with Crippen LogP contribution in [0.15, 0.2) is 24.3 Å². The number of hydrogen-bond donors (Lipinski definition) is 1. The molecule has 0 saturated carbocycles. The van der Waals surface area contributed by atoms with Gasteiger partial charge in [-0.1, -0.05) is 23.2 Å². The summed E-state index contributed by atoms with van der Waals surface area (Å²) in [5, 5.41) is 2.18. The predicted octanol–water partition coefficient (Wildman–Crippen LogP) is 4.06. The van der Waals surface area contributed by atoms with Crippen molar-refractivity contribution in [2.75, 3.05) is 5.32 Å². The van der Waals surface area contributed by atoms with Crippen LogP contribution in [0.1, 0.15) is 10.5 Å². The Morgan fingerprint density at radius 1 is 1.10 bits per heavy atom. The first-order chi connectivity index (χ1) is 9.38. The molecule has 2 aromatic rings. The van der Waals surface area contributed by atoms with Crippen molar-refractivity contribution in [2.45, 2.75) is 0 Å². The minimum atomic E-state index is -1.62. The molecule has 104 valence electrons. The Morgan fingerprint density at radius 2 is 1.70 bits per heavy atom. The highest BCUT2D eigenvalue weighted by atomic mass is 35.5. The summed E-state index contributed by atoms with van der Waals surface area (Å²) in [5.41, 5.74) is -0.492. The average molecular weight is 321 g/mol. The van der Waals surface area contributed by atoms with Crippen LogP contribution in [0.3, 0.4) is 0 Å². The highest BCUT2D eigenvalue weighted by Crippen LogP contribution is 2.21. The molecule has 0 unspecified atom stereocenters. The number of pyridine rings is 1. The molecule has 1 aromatic heterocycles. The summed E-state index contributed by atoms with van der Waals surface area (Å²) in [6.07, 6.45) is 0. The largest absolute Gasteiger partial charge is 0.320 e. The van der Waals surface area contributed by atoms with E-state index in [1.165, 1.54) is 12.1 Å². The van der Waals surface area contributed by atoms with Crippen molar-refractivity contribution in [3.8, 4) is 0 Å². The minimum Gasteiger partial charge on any atom is -0.320 e. The number of anilines is 1. The molecule has 0 aliphatic heterocycles. The van der Waals surface area contributed by atoms with E-state index >= 15 is 0 Å². The van der Waals surface area contributed by atoms with Gasteiger partial charge >= 0.3 is 0 Å². The van der Waals surface area contributed by atoms with Gasteiger partial charge in [0.15, 0.2) is 17.5 Å². The number of nitrogens with zero attached hydrogens (tertiary/aromatic N) is 1. The zero-order chi connectivity index (χ0) is 14.9. The van der Waals surface area contributed by atoms with Gasteiger partial charge in [-0.3, -0.25) is 4.79 Å². The molecule has 0 spiro atoms. The van der Waals surface area contributed by atoms with E-state index < -0.39 is 23.4 Å². The Labute approximate surface area is 121 Å². The summed E-state index contributed by atoms with van der Waals surface area (Å²) in [6, 6.07) is 3.99. The lowest BCUT2D eigenvalue weighted by Crippen LogP contribution is -2.15. The number of benzene rings is 1. The van der Waals surface area contributed by atoms with E-state index in [-0.39, 0.29) is 21.6 Å². The van der Waals surface area contributed by atoms with Crippen LogP contribution in [0.5, 0.6) is 0 Å². The number of rotatable bonds is 2. The third-order valence-corrected chi connectivity index (χ3v) is 2.78. The fraction of sp³-hybridized carbons (Fsp3) is 0. The van der Waals surface area contributed by atoms with E-state index in [4.69, 9.17) is 23.2 Å². The molecule has 2 rings (SSSR count). The summed E-state index contributed by atoms with van der Waals surface area (Å²) >= 11 is 11.4. The third-order valence-electron chi connectivity index (χ3n) is 2.27.